The van der Waals surface area contributed by atoms with Crippen LogP contribution in [0, 0.1) is 6.92 Å². The fourth-order valence-corrected chi connectivity index (χ4v) is 3.11. The Morgan fingerprint density at radius 1 is 1.32 bits per heavy atom. The van der Waals surface area contributed by atoms with Crippen molar-refractivity contribution in [3.05, 3.63) is 35.6 Å². The van der Waals surface area contributed by atoms with Gasteiger partial charge in [0.05, 0.1) is 11.8 Å². The average Bonchev–Trinajstić information content (AvgIpc) is 3.05. The Hall–Kier alpha value is -2.02. The van der Waals surface area contributed by atoms with E-state index in [1.54, 1.807) is 13.0 Å². The molecular weight excluding hydrogens is 337 g/mol. The van der Waals surface area contributed by atoms with Crippen LogP contribution in [0.1, 0.15) is 36.8 Å². The number of aliphatic hydroxyl groups is 1. The molecule has 0 radical (unpaired) electrons. The number of aryl methyl sites for hydroxylation is 1. The number of carbonyl (C=O) groups excluding carboxylic acids is 1. The van der Waals surface area contributed by atoms with E-state index in [-0.39, 0.29) is 17.1 Å². The van der Waals surface area contributed by atoms with Gasteiger partial charge >= 0.3 is 6.18 Å². The van der Waals surface area contributed by atoms with Crippen LogP contribution >= 0.6 is 0 Å². The number of carbonyl (C=O) groups is 1. The van der Waals surface area contributed by atoms with Crippen molar-refractivity contribution in [2.75, 3.05) is 13.7 Å². The first-order valence-electron chi connectivity index (χ1n) is 7.97. The summed E-state index contributed by atoms with van der Waals surface area (Å²) in [5, 5.41) is 9.64. The molecule has 1 N–H and O–H groups in total. The van der Waals surface area contributed by atoms with Crippen LogP contribution in [-0.2, 0) is 9.53 Å². The molecule has 1 saturated carbocycles. The predicted molar refractivity (Wildman–Crippen MR) is 86.5 cm³/mol. The van der Waals surface area contributed by atoms with Crippen LogP contribution in [0.4, 0.5) is 13.2 Å². The summed E-state index contributed by atoms with van der Waals surface area (Å²) in [6.07, 6.45) is -0.998. The summed E-state index contributed by atoms with van der Waals surface area (Å²) >= 11 is 0. The molecule has 0 unspecified atom stereocenters. The second kappa shape index (κ2) is 7.47. The van der Waals surface area contributed by atoms with Crippen LogP contribution in [0.15, 0.2) is 24.5 Å². The minimum absolute atomic E-state index is 0.0127. The zero-order valence-electron chi connectivity index (χ0n) is 14.2. The molecule has 0 amide bonds. The molecule has 0 spiro atoms. The van der Waals surface area contributed by atoms with Gasteiger partial charge < -0.3 is 14.6 Å². The molecule has 1 aliphatic carbocycles. The van der Waals surface area contributed by atoms with Gasteiger partial charge in [-0.2, -0.15) is 13.2 Å². The predicted octanol–water partition coefficient (Wildman–Crippen LogP) is 4.36. The van der Waals surface area contributed by atoms with Crippen LogP contribution in [0.25, 0.3) is 5.57 Å². The number of rotatable bonds is 6. The first-order valence-corrected chi connectivity index (χ1v) is 7.97. The molecule has 4 nitrogen and oxygen atoms in total. The molecule has 0 saturated heterocycles. The summed E-state index contributed by atoms with van der Waals surface area (Å²) < 4.78 is 47.2. The van der Waals surface area contributed by atoms with E-state index in [9.17, 15) is 23.1 Å². The molecule has 0 bridgehead atoms. The summed E-state index contributed by atoms with van der Waals surface area (Å²) in [5.74, 6) is -0.394. The largest absolute Gasteiger partial charge is 0.515 e. The maximum absolute atomic E-state index is 12.9. The molecule has 2 rings (SSSR count). The zero-order chi connectivity index (χ0) is 18.7. The normalized spacial score (nSPS) is 17.6. The third-order valence-electron chi connectivity index (χ3n) is 4.49. The molecular formula is C18H21F3O4. The average molecular weight is 358 g/mol. The summed E-state index contributed by atoms with van der Waals surface area (Å²) in [6.45, 7) is 0.275. The Labute approximate surface area is 144 Å². The van der Waals surface area contributed by atoms with E-state index in [0.717, 1.165) is 12.8 Å². The van der Waals surface area contributed by atoms with Crippen molar-refractivity contribution in [3.8, 4) is 5.75 Å². The van der Waals surface area contributed by atoms with E-state index in [0.29, 0.717) is 30.2 Å². The third kappa shape index (κ3) is 4.34. The summed E-state index contributed by atoms with van der Waals surface area (Å²) in [5.41, 5.74) is -0.0180. The number of hydrogen-bond donors (Lipinski definition) is 1. The maximum Gasteiger partial charge on any atom is 0.422 e. The highest BCUT2D eigenvalue weighted by molar-refractivity contribution is 6.24. The lowest BCUT2D eigenvalue weighted by atomic mass is 9.86. The van der Waals surface area contributed by atoms with Crippen molar-refractivity contribution < 1.29 is 32.5 Å². The van der Waals surface area contributed by atoms with Gasteiger partial charge in [0.25, 0.3) is 0 Å². The number of halogens is 3. The summed E-state index contributed by atoms with van der Waals surface area (Å²) in [7, 11) is 1.45. The van der Waals surface area contributed by atoms with Gasteiger partial charge in [-0.15, -0.1) is 0 Å². The van der Waals surface area contributed by atoms with Crippen LogP contribution < -0.4 is 4.74 Å². The number of benzene rings is 1. The first kappa shape index (κ1) is 19.3. The van der Waals surface area contributed by atoms with Gasteiger partial charge in [-0.3, -0.25) is 4.79 Å². The summed E-state index contributed by atoms with van der Waals surface area (Å²) in [4.78, 5) is 12.9. The van der Waals surface area contributed by atoms with Gasteiger partial charge in [-0.05, 0) is 55.9 Å². The van der Waals surface area contributed by atoms with E-state index in [4.69, 9.17) is 9.47 Å². The van der Waals surface area contributed by atoms with Gasteiger partial charge in [0, 0.05) is 7.11 Å². The van der Waals surface area contributed by atoms with Crippen molar-refractivity contribution in [3.63, 3.8) is 0 Å². The monoisotopic (exact) mass is 358 g/mol. The highest BCUT2D eigenvalue weighted by Crippen LogP contribution is 2.38. The van der Waals surface area contributed by atoms with Crippen LogP contribution in [-0.4, -0.2) is 36.4 Å². The SMILES string of the molecule is COC1(C(=O)C(=CO)c2cc(OCC(F)(F)F)ccc2C)CCCC1. The number of aliphatic hydroxyl groups excluding tert-OH is 1. The van der Waals surface area contributed by atoms with Crippen LogP contribution in [0.3, 0.4) is 0 Å². The maximum atomic E-state index is 12.9. The second-order valence-electron chi connectivity index (χ2n) is 6.16. The molecule has 0 aliphatic heterocycles. The molecule has 0 aromatic heterocycles. The van der Waals surface area contributed by atoms with E-state index in [1.807, 2.05) is 0 Å². The van der Waals surface area contributed by atoms with Gasteiger partial charge in [0.15, 0.2) is 12.4 Å². The fraction of sp³-hybridized carbons (Fsp3) is 0.500. The summed E-state index contributed by atoms with van der Waals surface area (Å²) in [6, 6.07) is 4.27. The number of ketones is 1. The Morgan fingerprint density at radius 3 is 2.48 bits per heavy atom. The van der Waals surface area contributed by atoms with Crippen molar-refractivity contribution in [1.29, 1.82) is 0 Å². The van der Waals surface area contributed by atoms with Crippen molar-refractivity contribution in [2.45, 2.75) is 44.4 Å². The third-order valence-corrected chi connectivity index (χ3v) is 4.49. The number of alkyl halides is 3. The highest BCUT2D eigenvalue weighted by Gasteiger charge is 2.43. The lowest BCUT2D eigenvalue weighted by Gasteiger charge is -2.27. The van der Waals surface area contributed by atoms with Gasteiger partial charge in [0.2, 0.25) is 0 Å². The Balaban J connectivity index is 2.32. The molecule has 0 atom stereocenters. The molecule has 7 heteroatoms. The van der Waals surface area contributed by atoms with Crippen molar-refractivity contribution >= 4 is 11.4 Å². The van der Waals surface area contributed by atoms with Crippen molar-refractivity contribution in [1.82, 2.24) is 0 Å². The molecule has 138 valence electrons. The number of methoxy groups -OCH3 is 1. The van der Waals surface area contributed by atoms with E-state index in [1.165, 1.54) is 19.2 Å². The van der Waals surface area contributed by atoms with Crippen LogP contribution in [0.2, 0.25) is 0 Å². The number of ether oxygens (including phenoxy) is 2. The van der Waals surface area contributed by atoms with Crippen molar-refractivity contribution in [2.24, 2.45) is 0 Å². The highest BCUT2D eigenvalue weighted by atomic mass is 19.4. The van der Waals surface area contributed by atoms with Crippen LogP contribution in [0.5, 0.6) is 5.75 Å². The van der Waals surface area contributed by atoms with Gasteiger partial charge in [0.1, 0.15) is 11.4 Å². The van der Waals surface area contributed by atoms with E-state index in [2.05, 4.69) is 0 Å². The standard InChI is InChI=1S/C18H21F3O4/c1-12-5-6-13(25-11-18(19,20)21)9-14(12)15(10-22)16(23)17(24-2)7-3-4-8-17/h5-6,9-10,22H,3-4,7-8,11H2,1-2H3. The first-order chi connectivity index (χ1) is 11.7. The molecule has 1 aliphatic rings. The number of Topliss-reactive ketones (excluding diaryl/α,β-unsaturated/α-hetero) is 1. The number of hydrogen-bond acceptors (Lipinski definition) is 4. The van der Waals surface area contributed by atoms with E-state index >= 15 is 0 Å². The Kier molecular flexibility index (Phi) is 5.77. The molecule has 0 heterocycles. The minimum atomic E-state index is -4.46. The smallest absolute Gasteiger partial charge is 0.422 e. The van der Waals surface area contributed by atoms with Gasteiger partial charge in [-0.25, -0.2) is 0 Å². The topological polar surface area (TPSA) is 55.8 Å². The molecule has 1 aromatic rings. The Bertz CT molecular complexity index is 659. The minimum Gasteiger partial charge on any atom is -0.515 e. The second-order valence-corrected chi connectivity index (χ2v) is 6.16. The lowest BCUT2D eigenvalue weighted by molar-refractivity contribution is -0.153. The Morgan fingerprint density at radius 2 is 1.96 bits per heavy atom. The fourth-order valence-electron chi connectivity index (χ4n) is 3.11. The molecule has 25 heavy (non-hydrogen) atoms. The molecule has 1 aromatic carbocycles. The lowest BCUT2D eigenvalue weighted by Crippen LogP contribution is -2.38. The molecule has 1 fully saturated rings. The van der Waals surface area contributed by atoms with E-state index < -0.39 is 18.4 Å². The zero-order valence-corrected chi connectivity index (χ0v) is 14.2. The quantitative estimate of drug-likeness (QED) is 0.606. The van der Waals surface area contributed by atoms with Gasteiger partial charge in [-0.1, -0.05) is 6.07 Å².